The Hall–Kier alpha value is -1.61. The number of aryl methyl sites for hydroxylation is 1. The van der Waals surface area contributed by atoms with E-state index in [0.29, 0.717) is 5.56 Å². The Labute approximate surface area is 108 Å². The van der Waals surface area contributed by atoms with Crippen molar-refractivity contribution in [1.82, 2.24) is 0 Å². The molecule has 0 heterocycles. The summed E-state index contributed by atoms with van der Waals surface area (Å²) < 4.78 is 1.01. The van der Waals surface area contributed by atoms with Gasteiger partial charge in [0.1, 0.15) is 0 Å². The number of carbonyl (C=O) groups is 1. The van der Waals surface area contributed by atoms with Crippen LogP contribution in [0.25, 0.3) is 11.1 Å². The number of hydrogen-bond donors (Lipinski definition) is 1. The van der Waals surface area contributed by atoms with Crippen LogP contribution in [-0.4, -0.2) is 11.1 Å². The minimum atomic E-state index is -0.897. The van der Waals surface area contributed by atoms with Crippen LogP contribution in [-0.2, 0) is 0 Å². The van der Waals surface area contributed by atoms with E-state index in [1.165, 1.54) is 0 Å². The van der Waals surface area contributed by atoms with Crippen molar-refractivity contribution in [2.75, 3.05) is 0 Å². The highest BCUT2D eigenvalue weighted by Crippen LogP contribution is 2.30. The molecule has 0 saturated heterocycles. The summed E-state index contributed by atoms with van der Waals surface area (Å²) in [4.78, 5) is 10.9. The maximum atomic E-state index is 10.9. The minimum absolute atomic E-state index is 0.318. The number of hydrogen-bond acceptors (Lipinski definition) is 1. The molecule has 0 unspecified atom stereocenters. The molecular weight excluding hydrogens is 280 g/mol. The second kappa shape index (κ2) is 4.72. The monoisotopic (exact) mass is 290 g/mol. The molecule has 0 fully saturated rings. The van der Waals surface area contributed by atoms with Crippen LogP contribution in [0.3, 0.4) is 0 Å². The zero-order chi connectivity index (χ0) is 12.4. The largest absolute Gasteiger partial charge is 0.478 e. The van der Waals surface area contributed by atoms with Crippen LogP contribution in [0, 0.1) is 6.92 Å². The molecule has 86 valence electrons. The minimum Gasteiger partial charge on any atom is -0.478 e. The Morgan fingerprint density at radius 2 is 1.82 bits per heavy atom. The first-order valence-corrected chi connectivity index (χ1v) is 5.98. The van der Waals surface area contributed by atoms with Crippen molar-refractivity contribution in [3.63, 3.8) is 0 Å². The molecule has 0 bridgehead atoms. The maximum Gasteiger partial charge on any atom is 0.335 e. The number of carboxylic acid groups (broad SMARTS) is 1. The Morgan fingerprint density at radius 3 is 2.41 bits per heavy atom. The van der Waals surface area contributed by atoms with Gasteiger partial charge in [0.2, 0.25) is 0 Å². The zero-order valence-electron chi connectivity index (χ0n) is 9.27. The van der Waals surface area contributed by atoms with Crippen LogP contribution in [0.4, 0.5) is 0 Å². The molecule has 0 saturated carbocycles. The number of halogens is 1. The number of carboxylic acids is 1. The summed E-state index contributed by atoms with van der Waals surface area (Å²) in [6.45, 7) is 1.92. The van der Waals surface area contributed by atoms with Gasteiger partial charge in [-0.05, 0) is 41.8 Å². The maximum absolute atomic E-state index is 10.9. The molecule has 0 amide bonds. The van der Waals surface area contributed by atoms with Gasteiger partial charge in [-0.25, -0.2) is 4.79 Å². The third kappa shape index (κ3) is 2.39. The van der Waals surface area contributed by atoms with Crippen molar-refractivity contribution in [1.29, 1.82) is 0 Å². The number of aromatic carboxylic acids is 1. The van der Waals surface area contributed by atoms with E-state index in [-0.39, 0.29) is 0 Å². The van der Waals surface area contributed by atoms with E-state index >= 15 is 0 Å². The molecule has 0 atom stereocenters. The van der Waals surface area contributed by atoms with Crippen molar-refractivity contribution in [3.8, 4) is 11.1 Å². The molecule has 17 heavy (non-hydrogen) atoms. The van der Waals surface area contributed by atoms with E-state index in [2.05, 4.69) is 15.9 Å². The van der Waals surface area contributed by atoms with Crippen LogP contribution < -0.4 is 0 Å². The van der Waals surface area contributed by atoms with Crippen molar-refractivity contribution >= 4 is 21.9 Å². The zero-order valence-corrected chi connectivity index (χ0v) is 10.9. The molecule has 2 aromatic carbocycles. The number of rotatable bonds is 2. The lowest BCUT2D eigenvalue weighted by molar-refractivity contribution is 0.0697. The fourth-order valence-electron chi connectivity index (χ4n) is 1.78. The molecule has 2 nitrogen and oxygen atoms in total. The van der Waals surface area contributed by atoms with Gasteiger partial charge in [-0.1, -0.05) is 40.2 Å². The first-order valence-electron chi connectivity index (χ1n) is 5.18. The topological polar surface area (TPSA) is 37.3 Å². The van der Waals surface area contributed by atoms with Crippen molar-refractivity contribution in [2.24, 2.45) is 0 Å². The standard InChI is InChI=1S/C14H11BrO2/c1-9-8-10(14(16)17)6-7-11(9)12-4-2-3-5-13(12)15/h2-8H,1H3,(H,16,17). The molecule has 0 aliphatic heterocycles. The second-order valence-electron chi connectivity index (χ2n) is 3.81. The summed E-state index contributed by atoms with van der Waals surface area (Å²) in [5.41, 5.74) is 3.39. The molecule has 0 spiro atoms. The van der Waals surface area contributed by atoms with Gasteiger partial charge in [0, 0.05) is 4.47 Å². The summed E-state index contributed by atoms with van der Waals surface area (Å²) in [6, 6.07) is 13.1. The molecule has 0 aromatic heterocycles. The fraction of sp³-hybridized carbons (Fsp3) is 0.0714. The van der Waals surface area contributed by atoms with E-state index in [0.717, 1.165) is 21.2 Å². The summed E-state index contributed by atoms with van der Waals surface area (Å²) in [7, 11) is 0. The van der Waals surface area contributed by atoms with E-state index in [9.17, 15) is 4.79 Å². The molecule has 0 aliphatic rings. The van der Waals surface area contributed by atoms with Gasteiger partial charge in [-0.15, -0.1) is 0 Å². The van der Waals surface area contributed by atoms with Gasteiger partial charge >= 0.3 is 5.97 Å². The average molecular weight is 291 g/mol. The van der Waals surface area contributed by atoms with Crippen LogP contribution in [0.1, 0.15) is 15.9 Å². The summed E-state index contributed by atoms with van der Waals surface area (Å²) in [6.07, 6.45) is 0. The first-order chi connectivity index (χ1) is 8.09. The fourth-order valence-corrected chi connectivity index (χ4v) is 2.28. The molecule has 2 rings (SSSR count). The molecule has 1 N–H and O–H groups in total. The number of benzene rings is 2. The third-order valence-electron chi connectivity index (χ3n) is 2.64. The molecule has 3 heteroatoms. The van der Waals surface area contributed by atoms with Crippen LogP contribution in [0.2, 0.25) is 0 Å². The second-order valence-corrected chi connectivity index (χ2v) is 4.67. The Balaban J connectivity index is 2.55. The molecule has 0 aliphatic carbocycles. The van der Waals surface area contributed by atoms with Crippen LogP contribution >= 0.6 is 15.9 Å². The predicted molar refractivity (Wildman–Crippen MR) is 71.3 cm³/mol. The van der Waals surface area contributed by atoms with Gasteiger partial charge in [0.25, 0.3) is 0 Å². The summed E-state index contributed by atoms with van der Waals surface area (Å²) >= 11 is 3.50. The SMILES string of the molecule is Cc1cc(C(=O)O)ccc1-c1ccccc1Br. The smallest absolute Gasteiger partial charge is 0.335 e. The Bertz CT molecular complexity index is 576. The average Bonchev–Trinajstić information content (AvgIpc) is 2.30. The van der Waals surface area contributed by atoms with Gasteiger partial charge in [0.15, 0.2) is 0 Å². The van der Waals surface area contributed by atoms with Crippen molar-refractivity contribution in [3.05, 3.63) is 58.1 Å². The van der Waals surface area contributed by atoms with E-state index in [4.69, 9.17) is 5.11 Å². The van der Waals surface area contributed by atoms with Crippen LogP contribution in [0.5, 0.6) is 0 Å². The Kier molecular flexibility index (Phi) is 3.29. The van der Waals surface area contributed by atoms with Gasteiger partial charge in [0.05, 0.1) is 5.56 Å². The summed E-state index contributed by atoms with van der Waals surface area (Å²) in [5, 5.41) is 8.92. The highest BCUT2D eigenvalue weighted by atomic mass is 79.9. The van der Waals surface area contributed by atoms with Crippen LogP contribution in [0.15, 0.2) is 46.9 Å². The van der Waals surface area contributed by atoms with Gasteiger partial charge < -0.3 is 5.11 Å². The van der Waals surface area contributed by atoms with Gasteiger partial charge in [-0.2, -0.15) is 0 Å². The summed E-state index contributed by atoms with van der Waals surface area (Å²) in [5.74, 6) is -0.897. The molecular formula is C14H11BrO2. The Morgan fingerprint density at radius 1 is 1.12 bits per heavy atom. The lowest BCUT2D eigenvalue weighted by atomic mass is 9.98. The highest BCUT2D eigenvalue weighted by Gasteiger charge is 2.08. The van der Waals surface area contributed by atoms with Gasteiger partial charge in [-0.3, -0.25) is 0 Å². The molecule has 0 radical (unpaired) electrons. The van der Waals surface area contributed by atoms with E-state index in [1.807, 2.05) is 37.3 Å². The normalized spacial score (nSPS) is 10.2. The van der Waals surface area contributed by atoms with E-state index < -0.39 is 5.97 Å². The highest BCUT2D eigenvalue weighted by molar-refractivity contribution is 9.10. The lowest BCUT2D eigenvalue weighted by Gasteiger charge is -2.09. The predicted octanol–water partition coefficient (Wildman–Crippen LogP) is 4.12. The first kappa shape index (κ1) is 11.9. The third-order valence-corrected chi connectivity index (χ3v) is 3.33. The lowest BCUT2D eigenvalue weighted by Crippen LogP contribution is -1.97. The van der Waals surface area contributed by atoms with E-state index in [1.54, 1.807) is 12.1 Å². The van der Waals surface area contributed by atoms with Crippen molar-refractivity contribution < 1.29 is 9.90 Å². The van der Waals surface area contributed by atoms with Crippen molar-refractivity contribution in [2.45, 2.75) is 6.92 Å². The quantitative estimate of drug-likeness (QED) is 0.903. The molecule has 2 aromatic rings.